The summed E-state index contributed by atoms with van der Waals surface area (Å²) in [4.78, 5) is 17.9. The monoisotopic (exact) mass is 441 g/mol. The van der Waals surface area contributed by atoms with Crippen molar-refractivity contribution in [3.05, 3.63) is 47.0 Å². The number of fused-ring (bicyclic) bond motifs is 1. The van der Waals surface area contributed by atoms with Gasteiger partial charge in [0.1, 0.15) is 0 Å². The van der Waals surface area contributed by atoms with Crippen molar-refractivity contribution in [2.45, 2.75) is 19.3 Å². The van der Waals surface area contributed by atoms with Gasteiger partial charge < -0.3 is 19.7 Å². The molecule has 1 amide bonds. The summed E-state index contributed by atoms with van der Waals surface area (Å²) in [6.45, 7) is 6.58. The molecular formula is C24H28ClN3O3. The molecule has 3 aliphatic rings. The van der Waals surface area contributed by atoms with Crippen LogP contribution in [0.25, 0.3) is 0 Å². The average molecular weight is 442 g/mol. The van der Waals surface area contributed by atoms with Crippen LogP contribution in [0, 0.1) is 5.92 Å². The third-order valence-corrected chi connectivity index (χ3v) is 6.40. The van der Waals surface area contributed by atoms with Gasteiger partial charge in [-0.05, 0) is 49.1 Å². The molecule has 0 aromatic heterocycles. The molecule has 1 N–H and O–H groups in total. The molecule has 0 spiro atoms. The fourth-order valence-electron chi connectivity index (χ4n) is 4.20. The van der Waals surface area contributed by atoms with Crippen LogP contribution in [0.15, 0.2) is 36.4 Å². The van der Waals surface area contributed by atoms with Gasteiger partial charge in [-0.15, -0.1) is 0 Å². The molecule has 2 aliphatic heterocycles. The van der Waals surface area contributed by atoms with E-state index in [4.69, 9.17) is 21.1 Å². The van der Waals surface area contributed by atoms with Crippen LogP contribution in [0.5, 0.6) is 11.5 Å². The second-order valence-electron chi connectivity index (χ2n) is 8.57. The molecule has 31 heavy (non-hydrogen) atoms. The van der Waals surface area contributed by atoms with E-state index in [2.05, 4.69) is 21.2 Å². The molecule has 164 valence electrons. The van der Waals surface area contributed by atoms with E-state index in [-0.39, 0.29) is 5.91 Å². The Labute approximate surface area is 188 Å². The van der Waals surface area contributed by atoms with Crippen LogP contribution in [-0.2, 0) is 0 Å². The zero-order valence-corrected chi connectivity index (χ0v) is 18.4. The number of benzene rings is 2. The Bertz CT molecular complexity index is 955. The summed E-state index contributed by atoms with van der Waals surface area (Å²) in [5.41, 5.74) is 2.36. The maximum Gasteiger partial charge on any atom is 0.255 e. The number of hydrogen-bond donors (Lipinski definition) is 1. The van der Waals surface area contributed by atoms with Gasteiger partial charge in [0, 0.05) is 56.1 Å². The average Bonchev–Trinajstić information content (AvgIpc) is 3.61. The Morgan fingerprint density at radius 1 is 1.06 bits per heavy atom. The smallest absolute Gasteiger partial charge is 0.255 e. The summed E-state index contributed by atoms with van der Waals surface area (Å²) >= 11 is 6.35. The number of carbonyl (C=O) groups excluding carboxylic acids is 1. The number of anilines is 2. The normalized spacial score (nSPS) is 19.1. The van der Waals surface area contributed by atoms with Crippen LogP contribution in [0.3, 0.4) is 0 Å². The summed E-state index contributed by atoms with van der Waals surface area (Å²) in [5.74, 6) is 1.75. The quantitative estimate of drug-likeness (QED) is 0.750. The molecule has 1 aliphatic carbocycles. The lowest BCUT2D eigenvalue weighted by Gasteiger charge is -2.36. The van der Waals surface area contributed by atoms with Crippen molar-refractivity contribution < 1.29 is 14.3 Å². The molecule has 2 heterocycles. The summed E-state index contributed by atoms with van der Waals surface area (Å²) in [5, 5.41) is 3.39. The number of nitrogens with zero attached hydrogens (tertiary/aromatic N) is 2. The fraction of sp³-hybridized carbons (Fsp3) is 0.458. The van der Waals surface area contributed by atoms with Crippen LogP contribution in [0.2, 0.25) is 5.02 Å². The third kappa shape index (κ3) is 4.91. The third-order valence-electron chi connectivity index (χ3n) is 6.12. The van der Waals surface area contributed by atoms with Crippen molar-refractivity contribution in [1.29, 1.82) is 0 Å². The first-order chi connectivity index (χ1) is 15.2. The van der Waals surface area contributed by atoms with Gasteiger partial charge in [-0.3, -0.25) is 9.69 Å². The highest BCUT2D eigenvalue weighted by molar-refractivity contribution is 6.32. The minimum atomic E-state index is -0.219. The van der Waals surface area contributed by atoms with E-state index in [1.54, 1.807) is 12.1 Å². The zero-order valence-electron chi connectivity index (χ0n) is 17.6. The Hall–Kier alpha value is -2.44. The van der Waals surface area contributed by atoms with Gasteiger partial charge in [-0.1, -0.05) is 17.7 Å². The highest BCUT2D eigenvalue weighted by Gasteiger charge is 2.26. The summed E-state index contributed by atoms with van der Waals surface area (Å²) in [7, 11) is 0. The van der Waals surface area contributed by atoms with Gasteiger partial charge in [0.25, 0.3) is 5.91 Å². The maximum absolute atomic E-state index is 12.9. The predicted octanol–water partition coefficient (Wildman–Crippen LogP) is 4.29. The van der Waals surface area contributed by atoms with Crippen molar-refractivity contribution in [3.63, 3.8) is 0 Å². The van der Waals surface area contributed by atoms with Crippen LogP contribution in [-0.4, -0.2) is 56.7 Å². The lowest BCUT2D eigenvalue weighted by molar-refractivity contribution is 0.102. The number of piperazine rings is 1. The Kier molecular flexibility index (Phi) is 5.92. The maximum atomic E-state index is 12.9. The van der Waals surface area contributed by atoms with E-state index in [1.165, 1.54) is 19.4 Å². The lowest BCUT2D eigenvalue weighted by Crippen LogP contribution is -2.47. The highest BCUT2D eigenvalue weighted by Crippen LogP contribution is 2.38. The van der Waals surface area contributed by atoms with Gasteiger partial charge in [0.2, 0.25) is 0 Å². The molecule has 2 fully saturated rings. The van der Waals surface area contributed by atoms with Crippen molar-refractivity contribution in [2.75, 3.05) is 56.2 Å². The molecule has 0 unspecified atom stereocenters. The van der Waals surface area contributed by atoms with Crippen molar-refractivity contribution in [1.82, 2.24) is 4.90 Å². The van der Waals surface area contributed by atoms with Gasteiger partial charge in [-0.2, -0.15) is 0 Å². The van der Waals surface area contributed by atoms with Crippen molar-refractivity contribution in [2.24, 2.45) is 5.92 Å². The van der Waals surface area contributed by atoms with Crippen molar-refractivity contribution >= 4 is 28.9 Å². The summed E-state index contributed by atoms with van der Waals surface area (Å²) < 4.78 is 11.4. The largest absolute Gasteiger partial charge is 0.489 e. The number of halogens is 1. The number of ether oxygens (including phenoxy) is 2. The molecule has 5 rings (SSSR count). The molecular weight excluding hydrogens is 414 g/mol. The van der Waals surface area contributed by atoms with E-state index in [0.29, 0.717) is 35.3 Å². The highest BCUT2D eigenvalue weighted by atomic mass is 35.5. The van der Waals surface area contributed by atoms with Crippen LogP contribution in [0.4, 0.5) is 11.4 Å². The molecule has 2 aromatic carbocycles. The van der Waals surface area contributed by atoms with Gasteiger partial charge >= 0.3 is 0 Å². The fourth-order valence-corrected chi connectivity index (χ4v) is 4.46. The number of carbonyl (C=O) groups is 1. The lowest BCUT2D eigenvalue weighted by atomic mass is 10.1. The molecule has 1 saturated heterocycles. The van der Waals surface area contributed by atoms with Crippen LogP contribution < -0.4 is 19.7 Å². The Balaban J connectivity index is 1.25. The van der Waals surface area contributed by atoms with E-state index < -0.39 is 0 Å². The van der Waals surface area contributed by atoms with E-state index in [1.807, 2.05) is 18.2 Å². The van der Waals surface area contributed by atoms with Gasteiger partial charge in [0.15, 0.2) is 11.5 Å². The summed E-state index contributed by atoms with van der Waals surface area (Å²) in [6, 6.07) is 11.4. The SMILES string of the molecule is O=C(Nc1cccc(N2CCN(CC3CC3)CC2)c1)c1cc(Cl)c2c(c1)OCCCO2. The first-order valence-electron chi connectivity index (χ1n) is 11.1. The second-order valence-corrected chi connectivity index (χ2v) is 8.98. The number of amides is 1. The first kappa shape index (κ1) is 20.5. The minimum Gasteiger partial charge on any atom is -0.489 e. The Morgan fingerprint density at radius 2 is 1.87 bits per heavy atom. The second kappa shape index (κ2) is 8.97. The predicted molar refractivity (Wildman–Crippen MR) is 123 cm³/mol. The van der Waals surface area contributed by atoms with Gasteiger partial charge in [0.05, 0.1) is 18.2 Å². The topological polar surface area (TPSA) is 54.0 Å². The van der Waals surface area contributed by atoms with E-state index >= 15 is 0 Å². The molecule has 0 atom stereocenters. The van der Waals surface area contributed by atoms with Crippen molar-refractivity contribution in [3.8, 4) is 11.5 Å². The molecule has 2 aromatic rings. The zero-order chi connectivity index (χ0) is 21.2. The Morgan fingerprint density at radius 3 is 2.68 bits per heavy atom. The van der Waals surface area contributed by atoms with E-state index in [0.717, 1.165) is 49.9 Å². The van der Waals surface area contributed by atoms with Gasteiger partial charge in [-0.25, -0.2) is 0 Å². The number of rotatable bonds is 5. The number of hydrogen-bond acceptors (Lipinski definition) is 5. The minimum absolute atomic E-state index is 0.219. The molecule has 1 saturated carbocycles. The molecule has 7 heteroatoms. The standard InChI is InChI=1S/C24H28ClN3O3/c25-21-13-18(14-22-23(21)31-12-2-11-30-22)24(29)26-19-3-1-4-20(15-19)28-9-7-27(8-10-28)16-17-5-6-17/h1,3-4,13-15,17H,2,5-12,16H2,(H,26,29). The number of nitrogens with one attached hydrogen (secondary N) is 1. The van der Waals surface area contributed by atoms with E-state index in [9.17, 15) is 4.79 Å². The molecule has 6 nitrogen and oxygen atoms in total. The summed E-state index contributed by atoms with van der Waals surface area (Å²) in [6.07, 6.45) is 3.58. The molecule has 0 bridgehead atoms. The first-order valence-corrected chi connectivity index (χ1v) is 11.5. The van der Waals surface area contributed by atoms with Crippen LogP contribution >= 0.6 is 11.6 Å². The molecule has 0 radical (unpaired) electrons. The van der Waals surface area contributed by atoms with Crippen LogP contribution in [0.1, 0.15) is 29.6 Å².